The average molecular weight is 142 g/mol. The van der Waals surface area contributed by atoms with Gasteiger partial charge in [-0.2, -0.15) is 0 Å². The van der Waals surface area contributed by atoms with Gasteiger partial charge in [-0.25, -0.2) is 0 Å². The number of hydrogen-bond donors (Lipinski definition) is 1. The lowest BCUT2D eigenvalue weighted by molar-refractivity contribution is 0.130. The molecule has 1 heteroatoms. The van der Waals surface area contributed by atoms with Gasteiger partial charge in [0.15, 0.2) is 0 Å². The molecule has 0 spiro atoms. The van der Waals surface area contributed by atoms with Gasteiger partial charge in [-0.1, -0.05) is 25.3 Å². The second-order valence-electron chi connectivity index (χ2n) is 2.70. The molecular weight excluding hydrogens is 124 g/mol. The first-order valence-electron chi connectivity index (χ1n) is 4.06. The fourth-order valence-corrected chi connectivity index (χ4v) is 1.08. The molecule has 0 unspecified atom stereocenters. The van der Waals surface area contributed by atoms with Crippen molar-refractivity contribution in [2.24, 2.45) is 0 Å². The topological polar surface area (TPSA) is 20.2 Å². The van der Waals surface area contributed by atoms with Gasteiger partial charge in [-0.15, -0.1) is 6.58 Å². The van der Waals surface area contributed by atoms with E-state index in [-0.39, 0.29) is 6.10 Å². The van der Waals surface area contributed by atoms with Crippen molar-refractivity contribution in [3.63, 3.8) is 0 Å². The van der Waals surface area contributed by atoms with Gasteiger partial charge in [0.05, 0.1) is 6.10 Å². The molecule has 1 aliphatic rings. The van der Waals surface area contributed by atoms with Crippen LogP contribution in [0.3, 0.4) is 0 Å². The maximum atomic E-state index is 8.91. The molecule has 0 saturated heterocycles. The van der Waals surface area contributed by atoms with Crippen molar-refractivity contribution in [3.8, 4) is 0 Å². The molecule has 1 fully saturated rings. The summed E-state index contributed by atoms with van der Waals surface area (Å²) in [5, 5.41) is 8.91. The smallest absolute Gasteiger partial charge is 0.0540 e. The lowest BCUT2D eigenvalue weighted by Crippen LogP contribution is -2.09. The fourth-order valence-electron chi connectivity index (χ4n) is 1.08. The SMILES string of the molecule is C=CC.OC1CCCCC1. The zero-order valence-corrected chi connectivity index (χ0v) is 6.84. The third-order valence-corrected chi connectivity index (χ3v) is 1.57. The second kappa shape index (κ2) is 6.81. The third kappa shape index (κ3) is 5.83. The van der Waals surface area contributed by atoms with Gasteiger partial charge in [0.1, 0.15) is 0 Å². The Morgan fingerprint density at radius 2 is 1.70 bits per heavy atom. The van der Waals surface area contributed by atoms with Crippen molar-refractivity contribution in [1.82, 2.24) is 0 Å². The highest BCUT2D eigenvalue weighted by atomic mass is 16.3. The first kappa shape index (κ1) is 9.70. The normalized spacial score (nSPS) is 19.0. The minimum Gasteiger partial charge on any atom is -0.393 e. The van der Waals surface area contributed by atoms with Crippen LogP contribution in [0.25, 0.3) is 0 Å². The predicted molar refractivity (Wildman–Crippen MR) is 45.0 cm³/mol. The first-order chi connectivity index (χ1) is 4.81. The molecule has 1 rings (SSSR count). The van der Waals surface area contributed by atoms with E-state index >= 15 is 0 Å². The van der Waals surface area contributed by atoms with Crippen molar-refractivity contribution < 1.29 is 5.11 Å². The molecule has 0 radical (unpaired) electrons. The Labute approximate surface area is 63.8 Å². The first-order valence-corrected chi connectivity index (χ1v) is 4.06. The third-order valence-electron chi connectivity index (χ3n) is 1.57. The molecule has 0 amide bonds. The summed E-state index contributed by atoms with van der Waals surface area (Å²) in [7, 11) is 0. The zero-order valence-electron chi connectivity index (χ0n) is 6.84. The van der Waals surface area contributed by atoms with E-state index in [1.807, 2.05) is 6.92 Å². The van der Waals surface area contributed by atoms with Crippen LogP contribution in [0.4, 0.5) is 0 Å². The van der Waals surface area contributed by atoms with Gasteiger partial charge in [-0.05, 0) is 19.8 Å². The summed E-state index contributed by atoms with van der Waals surface area (Å²) in [6, 6.07) is 0. The Morgan fingerprint density at radius 1 is 1.30 bits per heavy atom. The molecule has 1 saturated carbocycles. The van der Waals surface area contributed by atoms with Crippen LogP contribution in [0, 0.1) is 0 Å². The van der Waals surface area contributed by atoms with E-state index < -0.39 is 0 Å². The van der Waals surface area contributed by atoms with Gasteiger partial charge in [-0.3, -0.25) is 0 Å². The van der Waals surface area contributed by atoms with Gasteiger partial charge in [0, 0.05) is 0 Å². The van der Waals surface area contributed by atoms with E-state index in [1.54, 1.807) is 6.08 Å². The van der Waals surface area contributed by atoms with E-state index in [1.165, 1.54) is 19.3 Å². The number of rotatable bonds is 0. The molecule has 0 bridgehead atoms. The molecule has 0 heterocycles. The van der Waals surface area contributed by atoms with Crippen molar-refractivity contribution >= 4 is 0 Å². The van der Waals surface area contributed by atoms with Crippen LogP contribution in [0.15, 0.2) is 12.7 Å². The molecule has 0 aromatic carbocycles. The highest BCUT2D eigenvalue weighted by Crippen LogP contribution is 2.16. The Bertz CT molecular complexity index is 72.8. The number of allylic oxidation sites excluding steroid dienone is 1. The molecule has 1 nitrogen and oxygen atoms in total. The zero-order chi connectivity index (χ0) is 7.82. The molecule has 0 aromatic heterocycles. The highest BCUT2D eigenvalue weighted by molar-refractivity contribution is 4.61. The van der Waals surface area contributed by atoms with Crippen molar-refractivity contribution in [1.29, 1.82) is 0 Å². The van der Waals surface area contributed by atoms with Crippen LogP contribution >= 0.6 is 0 Å². The molecule has 60 valence electrons. The van der Waals surface area contributed by atoms with E-state index in [0.717, 1.165) is 12.8 Å². The quantitative estimate of drug-likeness (QED) is 0.515. The van der Waals surface area contributed by atoms with Crippen LogP contribution in [0.1, 0.15) is 39.0 Å². The summed E-state index contributed by atoms with van der Waals surface area (Å²) in [6.07, 6.45) is 7.67. The van der Waals surface area contributed by atoms with Crippen LogP contribution in [0.5, 0.6) is 0 Å². The van der Waals surface area contributed by atoms with Crippen LogP contribution in [0.2, 0.25) is 0 Å². The Balaban J connectivity index is 0.000000236. The largest absolute Gasteiger partial charge is 0.393 e. The second-order valence-corrected chi connectivity index (χ2v) is 2.70. The minimum absolute atomic E-state index is 0.0359. The van der Waals surface area contributed by atoms with Crippen LogP contribution in [-0.4, -0.2) is 11.2 Å². The fraction of sp³-hybridized carbons (Fsp3) is 0.778. The van der Waals surface area contributed by atoms with Crippen LogP contribution in [-0.2, 0) is 0 Å². The highest BCUT2D eigenvalue weighted by Gasteiger charge is 2.07. The summed E-state index contributed by atoms with van der Waals surface area (Å²) < 4.78 is 0. The van der Waals surface area contributed by atoms with E-state index in [9.17, 15) is 0 Å². The monoisotopic (exact) mass is 142 g/mol. The maximum absolute atomic E-state index is 8.91. The Morgan fingerprint density at radius 3 is 1.90 bits per heavy atom. The minimum atomic E-state index is 0.0359. The summed E-state index contributed by atoms with van der Waals surface area (Å²) in [6.45, 7) is 5.25. The van der Waals surface area contributed by atoms with Crippen LogP contribution < -0.4 is 0 Å². The van der Waals surface area contributed by atoms with E-state index in [2.05, 4.69) is 6.58 Å². The van der Waals surface area contributed by atoms with E-state index in [4.69, 9.17) is 5.11 Å². The lowest BCUT2D eigenvalue weighted by atomic mass is 9.98. The van der Waals surface area contributed by atoms with Crippen molar-refractivity contribution in [2.45, 2.75) is 45.1 Å². The van der Waals surface area contributed by atoms with Gasteiger partial charge in [0.2, 0.25) is 0 Å². The molecule has 10 heavy (non-hydrogen) atoms. The maximum Gasteiger partial charge on any atom is 0.0540 e. The standard InChI is InChI=1S/C6H12O.C3H6/c7-6-4-2-1-3-5-6;1-3-2/h6-7H,1-5H2;3H,1H2,2H3. The van der Waals surface area contributed by atoms with Crippen molar-refractivity contribution in [3.05, 3.63) is 12.7 Å². The molecule has 0 aliphatic heterocycles. The lowest BCUT2D eigenvalue weighted by Gasteiger charge is -2.14. The van der Waals surface area contributed by atoms with Gasteiger partial charge >= 0.3 is 0 Å². The average Bonchev–Trinajstić information content (AvgIpc) is 1.91. The van der Waals surface area contributed by atoms with Gasteiger partial charge < -0.3 is 5.11 Å². The molecule has 0 aromatic rings. The Hall–Kier alpha value is -0.300. The number of aliphatic hydroxyl groups is 1. The Kier molecular flexibility index (Phi) is 6.61. The summed E-state index contributed by atoms with van der Waals surface area (Å²) >= 11 is 0. The summed E-state index contributed by atoms with van der Waals surface area (Å²) in [4.78, 5) is 0. The molecular formula is C9H18O. The number of aliphatic hydroxyl groups excluding tert-OH is 1. The van der Waals surface area contributed by atoms with Crippen molar-refractivity contribution in [2.75, 3.05) is 0 Å². The molecule has 1 N–H and O–H groups in total. The van der Waals surface area contributed by atoms with E-state index in [0.29, 0.717) is 0 Å². The molecule has 0 atom stereocenters. The number of hydrogen-bond acceptors (Lipinski definition) is 1. The summed E-state index contributed by atoms with van der Waals surface area (Å²) in [5.74, 6) is 0. The molecule has 1 aliphatic carbocycles. The summed E-state index contributed by atoms with van der Waals surface area (Å²) in [5.41, 5.74) is 0. The predicted octanol–water partition coefficient (Wildman–Crippen LogP) is 2.50. The van der Waals surface area contributed by atoms with Gasteiger partial charge in [0.25, 0.3) is 0 Å².